The van der Waals surface area contributed by atoms with Crippen molar-refractivity contribution >= 4 is 21.9 Å². The summed E-state index contributed by atoms with van der Waals surface area (Å²) in [7, 11) is 0. The molecule has 19 heavy (non-hydrogen) atoms. The highest BCUT2D eigenvalue weighted by Crippen LogP contribution is 2.19. The van der Waals surface area contributed by atoms with Gasteiger partial charge in [-0.3, -0.25) is 0 Å². The predicted octanol–water partition coefficient (Wildman–Crippen LogP) is 4.25. The van der Waals surface area contributed by atoms with E-state index in [0.29, 0.717) is 4.47 Å². The van der Waals surface area contributed by atoms with Crippen molar-refractivity contribution in [3.63, 3.8) is 0 Å². The molecule has 0 aliphatic heterocycles. The molecule has 0 aliphatic carbocycles. The van der Waals surface area contributed by atoms with E-state index in [0.717, 1.165) is 17.2 Å². The lowest BCUT2D eigenvalue weighted by atomic mass is 10.1. The van der Waals surface area contributed by atoms with Gasteiger partial charge in [-0.2, -0.15) is 0 Å². The number of hydrogen-bond donors (Lipinski definition) is 0. The summed E-state index contributed by atoms with van der Waals surface area (Å²) >= 11 is 3.20. The van der Waals surface area contributed by atoms with E-state index in [1.54, 1.807) is 0 Å². The van der Waals surface area contributed by atoms with E-state index in [1.165, 1.54) is 12.1 Å². The fraction of sp³-hybridized carbons (Fsp3) is 0.133. The van der Waals surface area contributed by atoms with Gasteiger partial charge in [0.05, 0.1) is 5.56 Å². The second-order valence-electron chi connectivity index (χ2n) is 4.13. The number of halogens is 2. The van der Waals surface area contributed by atoms with Crippen LogP contribution in [0.15, 0.2) is 46.9 Å². The third kappa shape index (κ3) is 3.41. The summed E-state index contributed by atoms with van der Waals surface area (Å²) in [6.07, 6.45) is 0. The molecular weight excluding hydrogens is 311 g/mol. The van der Waals surface area contributed by atoms with Gasteiger partial charge in [-0.15, -0.1) is 0 Å². The van der Waals surface area contributed by atoms with Gasteiger partial charge < -0.3 is 4.74 Å². The van der Waals surface area contributed by atoms with Gasteiger partial charge in [0.15, 0.2) is 0 Å². The Kier molecular flexibility index (Phi) is 4.32. The maximum atomic E-state index is 13.1. The van der Waals surface area contributed by atoms with Gasteiger partial charge >= 0.3 is 5.97 Å². The zero-order chi connectivity index (χ0) is 13.8. The molecule has 0 aromatic heterocycles. The molecule has 0 unspecified atom stereocenters. The Morgan fingerprint density at radius 1 is 1.26 bits per heavy atom. The highest BCUT2D eigenvalue weighted by molar-refractivity contribution is 9.10. The van der Waals surface area contributed by atoms with Crippen LogP contribution < -0.4 is 0 Å². The minimum atomic E-state index is -0.547. The number of hydrogen-bond acceptors (Lipinski definition) is 2. The smallest absolute Gasteiger partial charge is 0.339 e. The number of carbonyl (C=O) groups is 1. The Hall–Kier alpha value is -1.68. The first kappa shape index (κ1) is 13.7. The minimum Gasteiger partial charge on any atom is -0.457 e. The van der Waals surface area contributed by atoms with Crippen molar-refractivity contribution in [1.29, 1.82) is 0 Å². The largest absolute Gasteiger partial charge is 0.457 e. The predicted molar refractivity (Wildman–Crippen MR) is 74.4 cm³/mol. The van der Waals surface area contributed by atoms with Gasteiger partial charge in [0, 0.05) is 4.47 Å². The summed E-state index contributed by atoms with van der Waals surface area (Å²) in [5, 5.41) is 0. The van der Waals surface area contributed by atoms with Gasteiger partial charge in [-0.1, -0.05) is 24.3 Å². The SMILES string of the molecule is Cc1ccccc1COC(=O)c1cc(F)ccc1Br. The average molecular weight is 323 g/mol. The number of ether oxygens (including phenoxy) is 1. The molecule has 0 radical (unpaired) electrons. The van der Waals surface area contributed by atoms with Crippen LogP contribution >= 0.6 is 15.9 Å². The molecule has 2 aromatic carbocycles. The first-order valence-electron chi connectivity index (χ1n) is 5.74. The van der Waals surface area contributed by atoms with Crippen molar-refractivity contribution in [2.45, 2.75) is 13.5 Å². The molecule has 0 heterocycles. The van der Waals surface area contributed by atoms with Crippen LogP contribution in [0.3, 0.4) is 0 Å². The van der Waals surface area contributed by atoms with Crippen LogP contribution in [-0.4, -0.2) is 5.97 Å². The van der Waals surface area contributed by atoms with Crippen molar-refractivity contribution in [3.8, 4) is 0 Å². The maximum absolute atomic E-state index is 13.1. The van der Waals surface area contributed by atoms with E-state index in [9.17, 15) is 9.18 Å². The second-order valence-corrected chi connectivity index (χ2v) is 4.98. The summed E-state index contributed by atoms with van der Waals surface area (Å²) < 4.78 is 18.8. The average Bonchev–Trinajstić information content (AvgIpc) is 2.40. The minimum absolute atomic E-state index is 0.175. The van der Waals surface area contributed by atoms with Crippen LogP contribution in [0, 0.1) is 12.7 Å². The maximum Gasteiger partial charge on any atom is 0.339 e. The highest BCUT2D eigenvalue weighted by atomic mass is 79.9. The molecule has 0 bridgehead atoms. The summed E-state index contributed by atoms with van der Waals surface area (Å²) in [6.45, 7) is 2.12. The molecule has 0 atom stereocenters. The lowest BCUT2D eigenvalue weighted by molar-refractivity contribution is 0.0470. The number of aryl methyl sites for hydroxylation is 1. The Labute approximate surface area is 119 Å². The lowest BCUT2D eigenvalue weighted by Crippen LogP contribution is -2.07. The van der Waals surface area contributed by atoms with E-state index >= 15 is 0 Å². The van der Waals surface area contributed by atoms with Crippen molar-refractivity contribution in [3.05, 3.63) is 69.4 Å². The fourth-order valence-corrected chi connectivity index (χ4v) is 2.06. The highest BCUT2D eigenvalue weighted by Gasteiger charge is 2.13. The topological polar surface area (TPSA) is 26.3 Å². The van der Waals surface area contributed by atoms with Gasteiger partial charge in [-0.25, -0.2) is 9.18 Å². The molecule has 98 valence electrons. The molecule has 0 N–H and O–H groups in total. The summed E-state index contributed by atoms with van der Waals surface area (Å²) in [4.78, 5) is 11.9. The molecule has 0 saturated heterocycles. The monoisotopic (exact) mass is 322 g/mol. The van der Waals surface area contributed by atoms with Crippen molar-refractivity contribution in [2.24, 2.45) is 0 Å². The molecule has 0 amide bonds. The molecule has 4 heteroatoms. The second kappa shape index (κ2) is 5.97. The van der Waals surface area contributed by atoms with Crippen LogP contribution in [0.1, 0.15) is 21.5 Å². The van der Waals surface area contributed by atoms with Crippen LogP contribution in [-0.2, 0) is 11.3 Å². The van der Waals surface area contributed by atoms with Crippen molar-refractivity contribution in [2.75, 3.05) is 0 Å². The quantitative estimate of drug-likeness (QED) is 0.789. The molecular formula is C15H12BrFO2. The van der Waals surface area contributed by atoms with Crippen molar-refractivity contribution < 1.29 is 13.9 Å². The van der Waals surface area contributed by atoms with E-state index in [2.05, 4.69) is 15.9 Å². The Bertz CT molecular complexity index is 611. The molecule has 0 fully saturated rings. The molecule has 2 nitrogen and oxygen atoms in total. The molecule has 0 spiro atoms. The van der Waals surface area contributed by atoms with Gasteiger partial charge in [-0.05, 0) is 52.2 Å². The van der Waals surface area contributed by atoms with Crippen LogP contribution in [0.4, 0.5) is 4.39 Å². The third-order valence-corrected chi connectivity index (χ3v) is 3.46. The van der Waals surface area contributed by atoms with E-state index in [-0.39, 0.29) is 12.2 Å². The first-order valence-corrected chi connectivity index (χ1v) is 6.54. The number of benzene rings is 2. The van der Waals surface area contributed by atoms with E-state index in [1.807, 2.05) is 31.2 Å². The summed E-state index contributed by atoms with van der Waals surface area (Å²) in [5.41, 5.74) is 2.17. The Morgan fingerprint density at radius 3 is 2.74 bits per heavy atom. The van der Waals surface area contributed by atoms with Crippen LogP contribution in [0.25, 0.3) is 0 Å². The van der Waals surface area contributed by atoms with E-state index in [4.69, 9.17) is 4.74 Å². The normalized spacial score (nSPS) is 10.3. The van der Waals surface area contributed by atoms with Gasteiger partial charge in [0.25, 0.3) is 0 Å². The molecule has 0 saturated carbocycles. The zero-order valence-corrected chi connectivity index (χ0v) is 11.9. The zero-order valence-electron chi connectivity index (χ0n) is 10.3. The standard InChI is InChI=1S/C15H12BrFO2/c1-10-4-2-3-5-11(10)9-19-15(18)13-8-12(17)6-7-14(13)16/h2-8H,9H2,1H3. The Balaban J connectivity index is 2.10. The molecule has 2 rings (SSSR count). The summed E-state index contributed by atoms with van der Waals surface area (Å²) in [6, 6.07) is 11.6. The number of esters is 1. The van der Waals surface area contributed by atoms with Gasteiger partial charge in [0.2, 0.25) is 0 Å². The van der Waals surface area contributed by atoms with Crippen molar-refractivity contribution in [1.82, 2.24) is 0 Å². The van der Waals surface area contributed by atoms with Crippen LogP contribution in [0.5, 0.6) is 0 Å². The first-order chi connectivity index (χ1) is 9.08. The lowest BCUT2D eigenvalue weighted by Gasteiger charge is -2.08. The third-order valence-electron chi connectivity index (χ3n) is 2.77. The van der Waals surface area contributed by atoms with E-state index < -0.39 is 11.8 Å². The Morgan fingerprint density at radius 2 is 2.00 bits per heavy atom. The number of carbonyl (C=O) groups excluding carboxylic acids is 1. The molecule has 2 aromatic rings. The number of rotatable bonds is 3. The fourth-order valence-electron chi connectivity index (χ4n) is 1.65. The van der Waals surface area contributed by atoms with Crippen LogP contribution in [0.2, 0.25) is 0 Å². The summed E-state index contributed by atoms with van der Waals surface area (Å²) in [5.74, 6) is -1.01. The molecule has 0 aliphatic rings. The van der Waals surface area contributed by atoms with Gasteiger partial charge in [0.1, 0.15) is 12.4 Å².